The summed E-state index contributed by atoms with van der Waals surface area (Å²) in [5.41, 5.74) is 0. The number of carboxylic acids is 1. The van der Waals surface area contributed by atoms with Crippen LogP contribution in [-0.2, 0) is 9.53 Å². The van der Waals surface area contributed by atoms with Crippen molar-refractivity contribution >= 4 is 11.9 Å². The molecule has 1 fully saturated rings. The lowest BCUT2D eigenvalue weighted by molar-refractivity contribution is -0.138. The normalized spacial score (nSPS) is 16.8. The molecule has 0 bridgehead atoms. The Kier molecular flexibility index (Phi) is 4.46. The van der Waals surface area contributed by atoms with Crippen LogP contribution in [0.1, 0.15) is 19.3 Å². The highest BCUT2D eigenvalue weighted by Crippen LogP contribution is 2.17. The molecule has 1 saturated heterocycles. The van der Waals surface area contributed by atoms with Crippen LogP contribution in [0.4, 0.5) is 5.95 Å². The van der Waals surface area contributed by atoms with Gasteiger partial charge in [-0.15, -0.1) is 0 Å². The number of nitrogens with zero attached hydrogens (tertiary/aromatic N) is 3. The predicted octanol–water partition coefficient (Wildman–Crippen LogP) is 0.937. The van der Waals surface area contributed by atoms with E-state index in [-0.39, 0.29) is 12.5 Å². The summed E-state index contributed by atoms with van der Waals surface area (Å²) in [7, 11) is 0. The third-order valence-corrected chi connectivity index (χ3v) is 2.95. The number of aromatic nitrogens is 2. The van der Waals surface area contributed by atoms with Crippen LogP contribution in [0.15, 0.2) is 18.5 Å². The zero-order chi connectivity index (χ0) is 12.8. The summed E-state index contributed by atoms with van der Waals surface area (Å²) in [5, 5.41) is 8.53. The quantitative estimate of drug-likeness (QED) is 0.839. The van der Waals surface area contributed by atoms with Gasteiger partial charge < -0.3 is 14.7 Å². The van der Waals surface area contributed by atoms with Crippen LogP contribution in [-0.4, -0.2) is 46.8 Å². The molecule has 0 aliphatic carbocycles. The summed E-state index contributed by atoms with van der Waals surface area (Å²) in [4.78, 5) is 20.9. The first-order valence-electron chi connectivity index (χ1n) is 6.11. The van der Waals surface area contributed by atoms with E-state index >= 15 is 0 Å². The molecule has 1 aliphatic rings. The monoisotopic (exact) mass is 251 g/mol. The lowest BCUT2D eigenvalue weighted by Crippen LogP contribution is -2.38. The zero-order valence-electron chi connectivity index (χ0n) is 10.2. The number of carboxylic acid groups (broad SMARTS) is 1. The number of anilines is 1. The topological polar surface area (TPSA) is 75.6 Å². The third kappa shape index (κ3) is 3.66. The first kappa shape index (κ1) is 12.8. The molecule has 0 unspecified atom stereocenters. The molecule has 18 heavy (non-hydrogen) atoms. The second-order valence-electron chi connectivity index (χ2n) is 4.25. The minimum absolute atomic E-state index is 0.0714. The Balaban J connectivity index is 1.73. The fraction of sp³-hybridized carbons (Fsp3) is 0.583. The highest BCUT2D eigenvalue weighted by atomic mass is 16.5. The largest absolute Gasteiger partial charge is 0.481 e. The molecule has 0 atom stereocenters. The molecule has 1 N–H and O–H groups in total. The van der Waals surface area contributed by atoms with E-state index in [1.165, 1.54) is 0 Å². The number of piperidine rings is 1. The van der Waals surface area contributed by atoms with Crippen LogP contribution in [0.25, 0.3) is 0 Å². The molecule has 6 heteroatoms. The third-order valence-electron chi connectivity index (χ3n) is 2.95. The number of hydrogen-bond acceptors (Lipinski definition) is 5. The average molecular weight is 251 g/mol. The standard InChI is InChI=1S/C12H17N3O3/c16-11(17)4-9-18-10-2-7-15(8-3-10)12-13-5-1-6-14-12/h1,5-6,10H,2-4,7-9H2,(H,16,17). The lowest BCUT2D eigenvalue weighted by Gasteiger charge is -2.31. The molecule has 0 radical (unpaired) electrons. The van der Waals surface area contributed by atoms with Gasteiger partial charge in [0.2, 0.25) is 5.95 Å². The van der Waals surface area contributed by atoms with Crippen molar-refractivity contribution in [3.05, 3.63) is 18.5 Å². The van der Waals surface area contributed by atoms with Gasteiger partial charge in [0.15, 0.2) is 0 Å². The van der Waals surface area contributed by atoms with E-state index in [9.17, 15) is 4.79 Å². The van der Waals surface area contributed by atoms with Gasteiger partial charge >= 0.3 is 5.97 Å². The van der Waals surface area contributed by atoms with Crippen molar-refractivity contribution in [1.82, 2.24) is 9.97 Å². The molecule has 2 heterocycles. The van der Waals surface area contributed by atoms with Crippen molar-refractivity contribution in [3.63, 3.8) is 0 Å². The average Bonchev–Trinajstić information content (AvgIpc) is 2.40. The summed E-state index contributed by atoms with van der Waals surface area (Å²) < 4.78 is 5.53. The molecule has 1 aliphatic heterocycles. The SMILES string of the molecule is O=C(O)CCOC1CCN(c2ncccn2)CC1. The van der Waals surface area contributed by atoms with Crippen LogP contribution in [0.3, 0.4) is 0 Å². The summed E-state index contributed by atoms with van der Waals surface area (Å²) >= 11 is 0. The van der Waals surface area contributed by atoms with Crippen molar-refractivity contribution in [1.29, 1.82) is 0 Å². The van der Waals surface area contributed by atoms with Gasteiger partial charge in [-0.05, 0) is 18.9 Å². The van der Waals surface area contributed by atoms with Gasteiger partial charge in [0.25, 0.3) is 0 Å². The van der Waals surface area contributed by atoms with Gasteiger partial charge in [-0.1, -0.05) is 0 Å². The molecule has 6 nitrogen and oxygen atoms in total. The number of hydrogen-bond donors (Lipinski definition) is 1. The first-order chi connectivity index (χ1) is 8.75. The fourth-order valence-corrected chi connectivity index (χ4v) is 1.99. The summed E-state index contributed by atoms with van der Waals surface area (Å²) in [5.74, 6) is -0.0633. The van der Waals surface area contributed by atoms with Gasteiger partial charge in [0.05, 0.1) is 19.1 Å². The lowest BCUT2D eigenvalue weighted by atomic mass is 10.1. The van der Waals surface area contributed by atoms with Gasteiger partial charge in [-0.3, -0.25) is 4.79 Å². The van der Waals surface area contributed by atoms with Crippen LogP contribution < -0.4 is 4.90 Å². The summed E-state index contributed by atoms with van der Waals surface area (Å²) in [6.07, 6.45) is 5.47. The van der Waals surface area contributed by atoms with Gasteiger partial charge in [-0.25, -0.2) is 9.97 Å². The number of ether oxygens (including phenoxy) is 1. The first-order valence-corrected chi connectivity index (χ1v) is 6.11. The Bertz CT molecular complexity index is 377. The van der Waals surface area contributed by atoms with E-state index in [0.717, 1.165) is 31.9 Å². The maximum atomic E-state index is 10.4. The van der Waals surface area contributed by atoms with E-state index in [4.69, 9.17) is 9.84 Å². The van der Waals surface area contributed by atoms with E-state index in [1.54, 1.807) is 18.5 Å². The van der Waals surface area contributed by atoms with Crippen molar-refractivity contribution in [2.24, 2.45) is 0 Å². The minimum Gasteiger partial charge on any atom is -0.481 e. The van der Waals surface area contributed by atoms with Crippen LogP contribution in [0.2, 0.25) is 0 Å². The molecular formula is C12H17N3O3. The van der Waals surface area contributed by atoms with Gasteiger partial charge in [0.1, 0.15) is 0 Å². The molecule has 0 saturated carbocycles. The number of aliphatic carboxylic acids is 1. The Morgan fingerprint density at radius 3 is 2.67 bits per heavy atom. The van der Waals surface area contributed by atoms with Gasteiger partial charge in [0, 0.05) is 25.5 Å². The summed E-state index contributed by atoms with van der Waals surface area (Å²) in [6, 6.07) is 1.80. The molecule has 1 aromatic rings. The second kappa shape index (κ2) is 6.30. The van der Waals surface area contributed by atoms with Gasteiger partial charge in [-0.2, -0.15) is 0 Å². The Morgan fingerprint density at radius 2 is 2.06 bits per heavy atom. The fourth-order valence-electron chi connectivity index (χ4n) is 1.99. The predicted molar refractivity (Wildman–Crippen MR) is 65.5 cm³/mol. The molecular weight excluding hydrogens is 234 g/mol. The van der Waals surface area contributed by atoms with Crippen LogP contribution >= 0.6 is 0 Å². The Morgan fingerprint density at radius 1 is 1.39 bits per heavy atom. The van der Waals surface area contributed by atoms with E-state index in [1.807, 2.05) is 0 Å². The van der Waals surface area contributed by atoms with Crippen molar-refractivity contribution in [2.75, 3.05) is 24.6 Å². The van der Waals surface area contributed by atoms with E-state index < -0.39 is 5.97 Å². The molecule has 1 aromatic heterocycles. The van der Waals surface area contributed by atoms with Crippen molar-refractivity contribution < 1.29 is 14.6 Å². The highest BCUT2D eigenvalue weighted by molar-refractivity contribution is 5.66. The Hall–Kier alpha value is -1.69. The Labute approximate surface area is 106 Å². The van der Waals surface area contributed by atoms with Crippen LogP contribution in [0, 0.1) is 0 Å². The molecule has 0 spiro atoms. The second-order valence-corrected chi connectivity index (χ2v) is 4.25. The number of rotatable bonds is 5. The van der Waals surface area contributed by atoms with Crippen molar-refractivity contribution in [2.45, 2.75) is 25.4 Å². The molecule has 2 rings (SSSR count). The molecule has 0 amide bonds. The maximum Gasteiger partial charge on any atom is 0.305 e. The van der Waals surface area contributed by atoms with Crippen molar-refractivity contribution in [3.8, 4) is 0 Å². The smallest absolute Gasteiger partial charge is 0.305 e. The van der Waals surface area contributed by atoms with E-state index in [2.05, 4.69) is 14.9 Å². The molecule has 98 valence electrons. The number of carbonyl (C=O) groups is 1. The minimum atomic E-state index is -0.815. The van der Waals surface area contributed by atoms with E-state index in [0.29, 0.717) is 6.61 Å². The summed E-state index contributed by atoms with van der Waals surface area (Å²) in [6.45, 7) is 1.99. The van der Waals surface area contributed by atoms with Crippen LogP contribution in [0.5, 0.6) is 0 Å². The highest BCUT2D eigenvalue weighted by Gasteiger charge is 2.21. The molecule has 0 aromatic carbocycles. The zero-order valence-corrected chi connectivity index (χ0v) is 10.2. The maximum absolute atomic E-state index is 10.4.